The van der Waals surface area contributed by atoms with Crippen LogP contribution < -0.4 is 0 Å². The van der Waals surface area contributed by atoms with E-state index in [9.17, 15) is 48.0 Å². The first kappa shape index (κ1) is 58.0. The van der Waals surface area contributed by atoms with E-state index in [1.54, 1.807) is 0 Å². The van der Waals surface area contributed by atoms with E-state index < -0.39 is 66.5 Å². The average Bonchev–Trinajstić information content (AvgIpc) is 4.07. The molecule has 3 unspecified atom stereocenters. The lowest BCUT2D eigenvalue weighted by Gasteiger charge is -2.55. The van der Waals surface area contributed by atoms with Crippen LogP contribution in [0.15, 0.2) is 205 Å². The van der Waals surface area contributed by atoms with Crippen LogP contribution in [0.3, 0.4) is 0 Å². The molecule has 2 N–H and O–H groups in total. The maximum absolute atomic E-state index is 13.6. The summed E-state index contributed by atoms with van der Waals surface area (Å²) < 4.78 is 144. The van der Waals surface area contributed by atoms with Crippen molar-refractivity contribution in [3.05, 3.63) is 181 Å². The number of hydrogen-bond acceptors (Lipinski definition) is 6. The molecule has 6 aromatic rings. The van der Waals surface area contributed by atoms with Crippen LogP contribution in [0.1, 0.15) is 76.2 Å². The molecule has 0 saturated heterocycles. The lowest BCUT2D eigenvalue weighted by atomic mass is 9.54. The van der Waals surface area contributed by atoms with Gasteiger partial charge in [-0.1, -0.05) is 115 Å². The highest BCUT2D eigenvalue weighted by Gasteiger charge is 2.71. The van der Waals surface area contributed by atoms with E-state index in [1.807, 2.05) is 0 Å². The third kappa shape index (κ3) is 13.8. The van der Waals surface area contributed by atoms with Gasteiger partial charge in [0.15, 0.2) is 29.4 Å². The molecule has 6 saturated carbocycles. The van der Waals surface area contributed by atoms with Gasteiger partial charge in [0.05, 0.1) is 21.8 Å². The summed E-state index contributed by atoms with van der Waals surface area (Å²) in [5.41, 5.74) is 0.611. The molecule has 6 fully saturated rings. The van der Waals surface area contributed by atoms with Crippen LogP contribution in [-0.2, 0) is 51.6 Å². The maximum Gasteiger partial charge on any atom is 0.431 e. The van der Waals surface area contributed by atoms with Crippen molar-refractivity contribution in [2.45, 2.75) is 129 Å². The van der Waals surface area contributed by atoms with Crippen molar-refractivity contribution in [2.75, 3.05) is 0 Å². The Balaban J connectivity index is 0.000000136. The quantitative estimate of drug-likeness (QED) is 0.0505. The molecule has 6 bridgehead atoms. The number of ether oxygens (including phenoxy) is 1. The van der Waals surface area contributed by atoms with Crippen molar-refractivity contribution in [3.63, 3.8) is 0 Å². The van der Waals surface area contributed by atoms with E-state index in [0.29, 0.717) is 49.9 Å². The summed E-state index contributed by atoms with van der Waals surface area (Å²) in [5.74, 6) is -6.77. The number of benzene rings is 6. The molecule has 0 aromatic heterocycles. The zero-order valence-electron chi connectivity index (χ0n) is 42.2. The first-order valence-electron chi connectivity index (χ1n) is 25.5. The predicted octanol–water partition coefficient (Wildman–Crippen LogP) is 14.8. The number of esters is 1. The lowest BCUT2D eigenvalue weighted by Crippen LogP contribution is -2.53. The number of halogens is 6. The first-order chi connectivity index (χ1) is 36.5. The second-order valence-corrected chi connectivity index (χ2v) is 27.8. The SMILES string of the molecule is Cc1ccc([S+](c2ccccc2)c2ccccc2)cc1.O=C(CC(F)(F)S(=O)(=O)O)OC12CC3CC(CC(C3)C1)C2.O=S(=O)(O)C(F)(F)C(F)(F)C1CC2CCC1C2.c1ccc([S+](c2ccccc2)c2ccccc2)cc1. The summed E-state index contributed by atoms with van der Waals surface area (Å²) in [5, 5.41) is -9.90. The molecular weight excluding hydrogens is 1080 g/mol. The van der Waals surface area contributed by atoms with E-state index in [4.69, 9.17) is 13.8 Å². The topological polar surface area (TPSA) is 135 Å². The number of fused-ring (bicyclic) bond motifs is 2. The molecule has 3 atom stereocenters. The van der Waals surface area contributed by atoms with E-state index >= 15 is 0 Å². The van der Waals surface area contributed by atoms with E-state index in [-0.39, 0.29) is 34.1 Å². The molecule has 0 spiro atoms. The number of aryl methyl sites for hydroxylation is 1. The Morgan fingerprint density at radius 3 is 1.16 bits per heavy atom. The highest BCUT2D eigenvalue weighted by molar-refractivity contribution is 7.97. The minimum atomic E-state index is -6.10. The fraction of sp³-hybridized carbons (Fsp3) is 0.373. The molecule has 0 aliphatic heterocycles. The van der Waals surface area contributed by atoms with Crippen molar-refractivity contribution in [1.82, 2.24) is 0 Å². The van der Waals surface area contributed by atoms with Gasteiger partial charge in [0.1, 0.15) is 12.0 Å². The molecule has 0 heterocycles. The molecule has 8 nitrogen and oxygen atoms in total. The number of carbonyl (C=O) groups is 1. The minimum absolute atomic E-state index is 0.0146. The molecule has 6 aliphatic carbocycles. The standard InChI is InChI=1S/C19H17S.C18H15S.C13H18F2O5S.C9H12F4O3S/c1-16-12-14-19(15-13-16)20(17-8-4-2-5-9-17)18-10-6-3-7-11-18;1-4-10-16(11-5-1)19(17-12-6-2-7-13-17)18-14-8-3-9-15-18;14-13(15,21(17,18)19)7-11(16)20-12-4-8-1-9(5-12)3-10(2-8)6-12;10-8(11,9(12,13)17(14,15)16)7-4-5-1-2-6(7)3-5/h2-15H,1H3;1-15H;8-10H,1-7H2,(H,17,18,19);5-7H,1-4H2,(H,14,15,16)/q2*+1;;. The molecular formula is C59H62F6O8S4+2. The Hall–Kier alpha value is -5.11. The normalized spacial score (nSPS) is 23.5. The van der Waals surface area contributed by atoms with Gasteiger partial charge in [-0.15, -0.1) is 0 Å². The van der Waals surface area contributed by atoms with Crippen molar-refractivity contribution in [2.24, 2.45) is 35.5 Å². The number of rotatable bonds is 13. The maximum atomic E-state index is 13.6. The van der Waals surface area contributed by atoms with E-state index in [1.165, 1.54) is 34.9 Å². The molecule has 410 valence electrons. The van der Waals surface area contributed by atoms with Gasteiger partial charge in [0.2, 0.25) is 0 Å². The second-order valence-electron chi connectivity index (χ2n) is 20.8. The molecule has 0 amide bonds. The number of hydrogen-bond donors (Lipinski definition) is 2. The Labute approximate surface area is 453 Å². The van der Waals surface area contributed by atoms with Crippen LogP contribution in [0.2, 0.25) is 0 Å². The molecule has 77 heavy (non-hydrogen) atoms. The molecule has 0 radical (unpaired) electrons. The second kappa shape index (κ2) is 24.1. The monoisotopic (exact) mass is 1140 g/mol. The summed E-state index contributed by atoms with van der Waals surface area (Å²) in [6.45, 7) is 2.13. The third-order valence-electron chi connectivity index (χ3n) is 15.1. The van der Waals surface area contributed by atoms with Crippen LogP contribution in [0.25, 0.3) is 0 Å². The van der Waals surface area contributed by atoms with Crippen LogP contribution in [0, 0.1) is 42.4 Å². The summed E-state index contributed by atoms with van der Waals surface area (Å²) in [6, 6.07) is 62.5. The molecule has 6 aromatic carbocycles. The first-order valence-corrected chi connectivity index (χ1v) is 30.9. The van der Waals surface area contributed by atoms with E-state index in [0.717, 1.165) is 25.7 Å². The van der Waals surface area contributed by atoms with Crippen molar-refractivity contribution >= 4 is 48.0 Å². The van der Waals surface area contributed by atoms with E-state index in [2.05, 4.69) is 183 Å². The zero-order valence-corrected chi connectivity index (χ0v) is 45.5. The predicted molar refractivity (Wildman–Crippen MR) is 286 cm³/mol. The summed E-state index contributed by atoms with van der Waals surface area (Å²) in [6.07, 6.45) is 5.25. The summed E-state index contributed by atoms with van der Waals surface area (Å²) >= 11 is 0. The Kier molecular flexibility index (Phi) is 18.2. The van der Waals surface area contributed by atoms with Crippen LogP contribution in [0.5, 0.6) is 0 Å². The summed E-state index contributed by atoms with van der Waals surface area (Å²) in [4.78, 5) is 19.9. The Morgan fingerprint density at radius 2 is 0.857 bits per heavy atom. The highest BCUT2D eigenvalue weighted by Crippen LogP contribution is 2.59. The van der Waals surface area contributed by atoms with Gasteiger partial charge in [-0.05, 0) is 167 Å². The van der Waals surface area contributed by atoms with Gasteiger partial charge < -0.3 is 4.74 Å². The third-order valence-corrected chi connectivity index (χ3v) is 21.4. The number of carbonyl (C=O) groups excluding carboxylic acids is 1. The van der Waals surface area contributed by atoms with Crippen LogP contribution >= 0.6 is 0 Å². The largest absolute Gasteiger partial charge is 0.459 e. The lowest BCUT2D eigenvalue weighted by molar-refractivity contribution is -0.202. The van der Waals surface area contributed by atoms with Crippen LogP contribution in [0.4, 0.5) is 26.3 Å². The van der Waals surface area contributed by atoms with Crippen molar-refractivity contribution in [3.8, 4) is 0 Å². The zero-order chi connectivity index (χ0) is 55.2. The molecule has 12 rings (SSSR count). The minimum Gasteiger partial charge on any atom is -0.459 e. The van der Waals surface area contributed by atoms with Gasteiger partial charge in [-0.2, -0.15) is 43.2 Å². The van der Waals surface area contributed by atoms with Gasteiger partial charge >= 0.3 is 42.6 Å². The fourth-order valence-corrected chi connectivity index (χ4v) is 17.0. The Bertz CT molecular complexity index is 2940. The van der Waals surface area contributed by atoms with Crippen LogP contribution in [-0.4, -0.2) is 53.9 Å². The Morgan fingerprint density at radius 1 is 0.506 bits per heavy atom. The summed E-state index contributed by atoms with van der Waals surface area (Å²) in [7, 11) is -11.7. The smallest absolute Gasteiger partial charge is 0.431 e. The highest BCUT2D eigenvalue weighted by atomic mass is 32.2. The number of alkyl halides is 6. The van der Waals surface area contributed by atoms with Crippen molar-refractivity contribution in [1.29, 1.82) is 0 Å². The molecule has 6 aliphatic rings. The van der Waals surface area contributed by atoms with Gasteiger partial charge in [0.25, 0.3) is 0 Å². The molecule has 18 heteroatoms. The average molecular weight is 1140 g/mol. The van der Waals surface area contributed by atoms with Gasteiger partial charge in [0, 0.05) is 5.92 Å². The van der Waals surface area contributed by atoms with Gasteiger partial charge in [-0.3, -0.25) is 13.9 Å². The van der Waals surface area contributed by atoms with Crippen molar-refractivity contribution < 1.29 is 61.8 Å². The fourth-order valence-electron chi connectivity index (χ4n) is 12.0. The van der Waals surface area contributed by atoms with Gasteiger partial charge in [-0.25, -0.2) is 0 Å².